The Morgan fingerprint density at radius 3 is 2.63 bits per heavy atom. The van der Waals surface area contributed by atoms with Crippen molar-refractivity contribution in [2.75, 3.05) is 19.7 Å². The molecule has 102 valence electrons. The second-order valence-corrected chi connectivity index (χ2v) is 4.34. The van der Waals surface area contributed by atoms with Crippen LogP contribution in [0.5, 0.6) is 5.75 Å². The summed E-state index contributed by atoms with van der Waals surface area (Å²) in [5, 5.41) is 0. The highest BCUT2D eigenvalue weighted by atomic mass is 16.6. The number of Topliss-reactive ketones (excluding diaryl/α,β-unsaturated/α-hetero) is 1. The van der Waals surface area contributed by atoms with E-state index < -0.39 is 6.09 Å². The predicted octanol–water partition coefficient (Wildman–Crippen LogP) is 2.00. The van der Waals surface area contributed by atoms with Crippen molar-refractivity contribution < 1.29 is 19.1 Å². The molecule has 1 aromatic carbocycles. The number of carbonyl (C=O) groups excluding carboxylic acids is 2. The molecule has 1 saturated heterocycles. The minimum absolute atomic E-state index is 0.0815. The topological polar surface area (TPSA) is 55.8 Å². The Bertz CT molecular complexity index is 455. The third-order valence-electron chi connectivity index (χ3n) is 2.88. The van der Waals surface area contributed by atoms with Crippen LogP contribution in [0.3, 0.4) is 0 Å². The Hall–Kier alpha value is -2.04. The molecule has 1 amide bonds. The Balaban J connectivity index is 1.81. The quantitative estimate of drug-likeness (QED) is 0.833. The lowest BCUT2D eigenvalue weighted by atomic mass is 10.2. The summed E-state index contributed by atoms with van der Waals surface area (Å²) in [5.74, 6) is 0.876. The van der Waals surface area contributed by atoms with Crippen LogP contribution in [-0.4, -0.2) is 36.5 Å². The van der Waals surface area contributed by atoms with Gasteiger partial charge in [-0.3, -0.25) is 4.79 Å². The van der Waals surface area contributed by atoms with Gasteiger partial charge in [-0.15, -0.1) is 0 Å². The summed E-state index contributed by atoms with van der Waals surface area (Å²) in [7, 11) is 0. The number of amides is 1. The van der Waals surface area contributed by atoms with Crippen molar-refractivity contribution in [2.24, 2.45) is 0 Å². The molecule has 0 unspecified atom stereocenters. The monoisotopic (exact) mass is 263 g/mol. The molecule has 2 rings (SSSR count). The number of hydrogen-bond acceptors (Lipinski definition) is 4. The zero-order valence-electron chi connectivity index (χ0n) is 10.9. The first-order chi connectivity index (χ1) is 9.19. The lowest BCUT2D eigenvalue weighted by Crippen LogP contribution is -2.29. The molecule has 0 spiro atoms. The third-order valence-corrected chi connectivity index (χ3v) is 2.88. The van der Waals surface area contributed by atoms with E-state index in [9.17, 15) is 9.59 Å². The van der Waals surface area contributed by atoms with E-state index >= 15 is 0 Å². The number of ketones is 1. The van der Waals surface area contributed by atoms with Crippen molar-refractivity contribution in [3.8, 4) is 5.75 Å². The highest BCUT2D eigenvalue weighted by Gasteiger charge is 2.24. The molecule has 0 radical (unpaired) electrons. The fraction of sp³-hybridized carbons (Fsp3) is 0.429. The molecule has 0 bridgehead atoms. The van der Waals surface area contributed by atoms with Gasteiger partial charge in [-0.2, -0.15) is 0 Å². The number of nitrogens with zero attached hydrogens (tertiary/aromatic N) is 1. The lowest BCUT2D eigenvalue weighted by Gasteiger charge is -2.14. The molecule has 0 saturated carbocycles. The van der Waals surface area contributed by atoms with Crippen LogP contribution in [0, 0.1) is 0 Å². The summed E-state index contributed by atoms with van der Waals surface area (Å²) in [4.78, 5) is 24.2. The zero-order valence-corrected chi connectivity index (χ0v) is 10.9. The summed E-state index contributed by atoms with van der Waals surface area (Å²) in [6, 6.07) is 7.39. The molecule has 0 atom stereocenters. The van der Waals surface area contributed by atoms with Crippen LogP contribution in [0.1, 0.15) is 18.9 Å². The average Bonchev–Trinajstić information content (AvgIpc) is 2.85. The molecule has 1 heterocycles. The predicted molar refractivity (Wildman–Crippen MR) is 69.0 cm³/mol. The number of hydrogen-bond donors (Lipinski definition) is 0. The molecule has 5 nitrogen and oxygen atoms in total. The Kier molecular flexibility index (Phi) is 4.39. The average molecular weight is 263 g/mol. The van der Waals surface area contributed by atoms with E-state index in [0.29, 0.717) is 19.6 Å². The highest BCUT2D eigenvalue weighted by molar-refractivity contribution is 5.87. The Morgan fingerprint density at radius 2 is 2.05 bits per heavy atom. The summed E-state index contributed by atoms with van der Waals surface area (Å²) >= 11 is 0. The van der Waals surface area contributed by atoms with E-state index in [1.165, 1.54) is 4.90 Å². The summed E-state index contributed by atoms with van der Waals surface area (Å²) < 4.78 is 10.5. The van der Waals surface area contributed by atoms with E-state index in [4.69, 9.17) is 9.47 Å². The fourth-order valence-electron chi connectivity index (χ4n) is 1.87. The maximum Gasteiger partial charge on any atom is 0.410 e. The van der Waals surface area contributed by atoms with Gasteiger partial charge < -0.3 is 14.4 Å². The van der Waals surface area contributed by atoms with Crippen molar-refractivity contribution in [1.82, 2.24) is 4.90 Å². The highest BCUT2D eigenvalue weighted by Crippen LogP contribution is 2.13. The Morgan fingerprint density at radius 1 is 1.32 bits per heavy atom. The fourth-order valence-corrected chi connectivity index (χ4v) is 1.87. The number of carbonyl (C=O) groups is 2. The van der Waals surface area contributed by atoms with Gasteiger partial charge in [0, 0.05) is 13.0 Å². The molecular formula is C14H17NO4. The SMILES string of the molecule is CCOc1ccc(COC(=O)N2CCC(=O)C2)cc1. The first-order valence-electron chi connectivity index (χ1n) is 6.34. The maximum absolute atomic E-state index is 11.7. The summed E-state index contributed by atoms with van der Waals surface area (Å²) in [6.07, 6.45) is -0.00208. The van der Waals surface area contributed by atoms with Gasteiger partial charge in [-0.1, -0.05) is 12.1 Å². The van der Waals surface area contributed by atoms with Crippen LogP contribution in [0.4, 0.5) is 4.79 Å². The van der Waals surface area contributed by atoms with E-state index in [0.717, 1.165) is 11.3 Å². The standard InChI is InChI=1S/C14H17NO4/c1-2-18-13-5-3-11(4-6-13)10-19-14(17)15-8-7-12(16)9-15/h3-6H,2,7-10H2,1H3. The second-order valence-electron chi connectivity index (χ2n) is 4.34. The molecule has 0 aromatic heterocycles. The second kappa shape index (κ2) is 6.22. The van der Waals surface area contributed by atoms with Gasteiger partial charge in [0.05, 0.1) is 13.2 Å². The largest absolute Gasteiger partial charge is 0.494 e. The first-order valence-corrected chi connectivity index (χ1v) is 6.34. The van der Waals surface area contributed by atoms with Gasteiger partial charge in [0.2, 0.25) is 0 Å². The van der Waals surface area contributed by atoms with Gasteiger partial charge in [-0.25, -0.2) is 4.79 Å². The van der Waals surface area contributed by atoms with Crippen molar-refractivity contribution >= 4 is 11.9 Å². The normalized spacial score (nSPS) is 14.6. The molecule has 1 aliphatic rings. The lowest BCUT2D eigenvalue weighted by molar-refractivity contribution is -0.116. The van der Waals surface area contributed by atoms with Gasteiger partial charge in [-0.05, 0) is 24.6 Å². The van der Waals surface area contributed by atoms with Gasteiger partial charge in [0.25, 0.3) is 0 Å². The molecule has 1 aliphatic heterocycles. The van der Waals surface area contributed by atoms with E-state index in [-0.39, 0.29) is 18.9 Å². The van der Waals surface area contributed by atoms with E-state index in [2.05, 4.69) is 0 Å². The van der Waals surface area contributed by atoms with E-state index in [1.54, 1.807) is 0 Å². The van der Waals surface area contributed by atoms with Crippen LogP contribution in [0.15, 0.2) is 24.3 Å². The zero-order chi connectivity index (χ0) is 13.7. The summed E-state index contributed by atoms with van der Waals surface area (Å²) in [5.41, 5.74) is 0.891. The smallest absolute Gasteiger partial charge is 0.410 e. The molecular weight excluding hydrogens is 246 g/mol. The number of likely N-dealkylation sites (tertiary alicyclic amines) is 1. The molecule has 1 aromatic rings. The van der Waals surface area contributed by atoms with Crippen LogP contribution in [0.2, 0.25) is 0 Å². The van der Waals surface area contributed by atoms with Gasteiger partial charge in [0.1, 0.15) is 12.4 Å². The number of rotatable bonds is 4. The third kappa shape index (κ3) is 3.71. The molecule has 1 fully saturated rings. The summed E-state index contributed by atoms with van der Waals surface area (Å²) in [6.45, 7) is 3.38. The minimum Gasteiger partial charge on any atom is -0.494 e. The Labute approximate surface area is 112 Å². The van der Waals surface area contributed by atoms with Crippen molar-refractivity contribution in [3.05, 3.63) is 29.8 Å². The van der Waals surface area contributed by atoms with Crippen molar-refractivity contribution in [3.63, 3.8) is 0 Å². The molecule has 0 aliphatic carbocycles. The van der Waals surface area contributed by atoms with Gasteiger partial charge in [0.15, 0.2) is 5.78 Å². The first kappa shape index (κ1) is 13.4. The molecule has 19 heavy (non-hydrogen) atoms. The number of ether oxygens (including phenoxy) is 2. The molecule has 0 N–H and O–H groups in total. The van der Waals surface area contributed by atoms with Crippen LogP contribution < -0.4 is 4.74 Å². The number of benzene rings is 1. The van der Waals surface area contributed by atoms with Crippen molar-refractivity contribution in [2.45, 2.75) is 20.0 Å². The maximum atomic E-state index is 11.7. The van der Waals surface area contributed by atoms with Crippen LogP contribution in [-0.2, 0) is 16.1 Å². The van der Waals surface area contributed by atoms with E-state index in [1.807, 2.05) is 31.2 Å². The van der Waals surface area contributed by atoms with Gasteiger partial charge >= 0.3 is 6.09 Å². The molecule has 5 heteroatoms. The van der Waals surface area contributed by atoms with Crippen LogP contribution >= 0.6 is 0 Å². The van der Waals surface area contributed by atoms with Crippen molar-refractivity contribution in [1.29, 1.82) is 0 Å². The van der Waals surface area contributed by atoms with Crippen LogP contribution in [0.25, 0.3) is 0 Å². The minimum atomic E-state index is -0.431.